The summed E-state index contributed by atoms with van der Waals surface area (Å²) in [6.45, 7) is 0. The fourth-order valence-corrected chi connectivity index (χ4v) is 5.61. The Kier molecular flexibility index (Phi) is 3.78. The summed E-state index contributed by atoms with van der Waals surface area (Å²) in [5.41, 5.74) is 0. The molecule has 0 spiro atoms. The van der Waals surface area contributed by atoms with Crippen molar-refractivity contribution in [2.75, 3.05) is 42.3 Å². The smallest absolute Gasteiger partial charge is 0.136 e. The topological polar surface area (TPSA) is 40.4 Å². The molecule has 0 aliphatic carbocycles. The van der Waals surface area contributed by atoms with Crippen molar-refractivity contribution >= 4 is 7.87 Å². The first-order chi connectivity index (χ1) is 6.94. The Hall–Kier alpha value is -0.550. The van der Waals surface area contributed by atoms with Crippen LogP contribution in [0.1, 0.15) is 0 Å². The van der Waals surface area contributed by atoms with E-state index in [9.17, 15) is 0 Å². The van der Waals surface area contributed by atoms with Gasteiger partial charge in [-0.3, -0.25) is 0 Å². The quantitative estimate of drug-likeness (QED) is 0.705. The highest BCUT2D eigenvalue weighted by atomic mass is 31.2. The molecule has 0 saturated heterocycles. The van der Waals surface area contributed by atoms with Crippen LogP contribution in [0.4, 0.5) is 0 Å². The summed E-state index contributed by atoms with van der Waals surface area (Å²) >= 11 is 0. The highest BCUT2D eigenvalue weighted by Crippen LogP contribution is 2.63. The van der Waals surface area contributed by atoms with Crippen LogP contribution in [0, 0.1) is 0 Å². The van der Waals surface area contributed by atoms with Crippen LogP contribution in [0.5, 0.6) is 0 Å². The average Bonchev–Trinajstić information content (AvgIpc) is 2.55. The van der Waals surface area contributed by atoms with Gasteiger partial charge < -0.3 is 0 Å². The van der Waals surface area contributed by atoms with Crippen molar-refractivity contribution in [3.05, 3.63) is 12.4 Å². The molecular formula is C8H20N6P+. The summed E-state index contributed by atoms with van der Waals surface area (Å²) < 4.78 is 8.53. The molecule has 0 N–H and O–H groups in total. The average molecular weight is 231 g/mol. The number of rotatable bonds is 4. The van der Waals surface area contributed by atoms with E-state index in [4.69, 9.17) is 0 Å². The Labute approximate surface area is 92.0 Å². The SMILES string of the molecule is CN(C)[P+](N(C)C)(N(C)C)n1ccnn1. The summed E-state index contributed by atoms with van der Waals surface area (Å²) in [7, 11) is 10.6. The van der Waals surface area contributed by atoms with Crippen LogP contribution >= 0.6 is 7.87 Å². The minimum Gasteiger partial charge on any atom is -0.136 e. The zero-order valence-corrected chi connectivity index (χ0v) is 11.2. The Bertz CT molecular complexity index is 272. The molecule has 0 unspecified atom stereocenters. The first kappa shape index (κ1) is 12.5. The van der Waals surface area contributed by atoms with Gasteiger partial charge >= 0.3 is 7.87 Å². The van der Waals surface area contributed by atoms with Crippen molar-refractivity contribution in [1.29, 1.82) is 0 Å². The van der Waals surface area contributed by atoms with Crippen LogP contribution in [0.25, 0.3) is 0 Å². The molecule has 1 aromatic rings. The molecule has 0 fully saturated rings. The minimum atomic E-state index is -1.77. The van der Waals surface area contributed by atoms with Gasteiger partial charge in [0.25, 0.3) is 0 Å². The van der Waals surface area contributed by atoms with Crippen LogP contribution in [0.2, 0.25) is 0 Å². The Morgan fingerprint density at radius 1 is 0.933 bits per heavy atom. The van der Waals surface area contributed by atoms with Gasteiger partial charge in [0.2, 0.25) is 0 Å². The lowest BCUT2D eigenvalue weighted by Crippen LogP contribution is -2.40. The molecule has 0 bridgehead atoms. The molecule has 0 radical (unpaired) electrons. The molecule has 0 aromatic carbocycles. The van der Waals surface area contributed by atoms with E-state index in [2.05, 4.69) is 66.6 Å². The molecule has 0 saturated carbocycles. The number of hydrogen-bond acceptors (Lipinski definition) is 5. The van der Waals surface area contributed by atoms with Crippen molar-refractivity contribution < 1.29 is 0 Å². The Morgan fingerprint density at radius 2 is 1.40 bits per heavy atom. The zero-order chi connectivity index (χ0) is 11.6. The van der Waals surface area contributed by atoms with E-state index < -0.39 is 7.87 Å². The third kappa shape index (κ3) is 1.90. The Morgan fingerprint density at radius 3 is 1.67 bits per heavy atom. The van der Waals surface area contributed by atoms with Gasteiger partial charge in [0.05, 0.1) is 12.4 Å². The van der Waals surface area contributed by atoms with Crippen molar-refractivity contribution in [3.8, 4) is 0 Å². The third-order valence-corrected chi connectivity index (χ3v) is 6.28. The number of nitrogens with zero attached hydrogens (tertiary/aromatic N) is 6. The van der Waals surface area contributed by atoms with E-state index >= 15 is 0 Å². The largest absolute Gasteiger partial charge is 0.352 e. The number of aromatic nitrogens is 3. The summed E-state index contributed by atoms with van der Waals surface area (Å²) in [5, 5.41) is 8.04. The molecule has 6 nitrogen and oxygen atoms in total. The van der Waals surface area contributed by atoms with Crippen molar-refractivity contribution in [1.82, 2.24) is 28.8 Å². The second-order valence-electron chi connectivity index (χ2n) is 3.90. The van der Waals surface area contributed by atoms with Crippen molar-refractivity contribution in [2.24, 2.45) is 0 Å². The molecule has 86 valence electrons. The molecule has 1 aromatic heterocycles. The van der Waals surface area contributed by atoms with Gasteiger partial charge in [-0.05, 0) is 5.21 Å². The fourth-order valence-electron chi connectivity index (χ4n) is 1.97. The summed E-state index contributed by atoms with van der Waals surface area (Å²) in [5.74, 6) is 0. The van der Waals surface area contributed by atoms with E-state index in [0.29, 0.717) is 0 Å². The van der Waals surface area contributed by atoms with Gasteiger partial charge in [-0.1, -0.05) is 4.45 Å². The molecule has 15 heavy (non-hydrogen) atoms. The summed E-state index contributed by atoms with van der Waals surface area (Å²) in [4.78, 5) is 0. The maximum atomic E-state index is 4.14. The first-order valence-electron chi connectivity index (χ1n) is 4.73. The van der Waals surface area contributed by atoms with E-state index in [-0.39, 0.29) is 0 Å². The summed E-state index contributed by atoms with van der Waals surface area (Å²) in [6, 6.07) is 0. The van der Waals surface area contributed by atoms with Gasteiger partial charge in [0.15, 0.2) is 0 Å². The number of hydrogen-bond donors (Lipinski definition) is 0. The predicted molar refractivity (Wildman–Crippen MR) is 63.4 cm³/mol. The van der Waals surface area contributed by atoms with E-state index in [1.807, 2.05) is 10.6 Å². The van der Waals surface area contributed by atoms with Crippen LogP contribution in [-0.4, -0.2) is 71.1 Å². The van der Waals surface area contributed by atoms with E-state index in [1.54, 1.807) is 6.20 Å². The zero-order valence-electron chi connectivity index (χ0n) is 10.3. The molecule has 0 atom stereocenters. The Balaban J connectivity index is 3.27. The van der Waals surface area contributed by atoms with Crippen LogP contribution in [0.15, 0.2) is 12.4 Å². The van der Waals surface area contributed by atoms with Gasteiger partial charge in [0, 0.05) is 42.3 Å². The van der Waals surface area contributed by atoms with E-state index in [0.717, 1.165) is 0 Å². The lowest BCUT2D eigenvalue weighted by molar-refractivity contribution is 0.436. The van der Waals surface area contributed by atoms with Crippen LogP contribution < -0.4 is 0 Å². The lowest BCUT2D eigenvalue weighted by Gasteiger charge is -2.37. The molecule has 7 heteroatoms. The summed E-state index contributed by atoms with van der Waals surface area (Å²) in [6.07, 6.45) is 3.62. The molecule has 1 rings (SSSR count). The van der Waals surface area contributed by atoms with Crippen LogP contribution in [-0.2, 0) is 0 Å². The normalized spacial score (nSPS) is 13.1. The maximum absolute atomic E-state index is 4.14. The third-order valence-electron chi connectivity index (χ3n) is 2.29. The minimum absolute atomic E-state index is 1.71. The van der Waals surface area contributed by atoms with E-state index in [1.165, 1.54) is 0 Å². The van der Waals surface area contributed by atoms with Crippen molar-refractivity contribution in [3.63, 3.8) is 0 Å². The molecule has 1 heterocycles. The van der Waals surface area contributed by atoms with Gasteiger partial charge in [-0.2, -0.15) is 0 Å². The lowest BCUT2D eigenvalue weighted by atomic mass is 11.0. The molecule has 0 aliphatic rings. The predicted octanol–water partition coefficient (Wildman–Crippen LogP) is 0.489. The molecule has 0 aliphatic heterocycles. The standard InChI is InChI=1S/C8H20N6P/c1-11(2)15(12(3)4,13(5)6)14-8-7-9-10-14/h7-8H,1-6H3/q+1. The molecule has 0 amide bonds. The fraction of sp³-hybridized carbons (Fsp3) is 0.750. The van der Waals surface area contributed by atoms with Crippen molar-refractivity contribution in [2.45, 2.75) is 0 Å². The second kappa shape index (κ2) is 4.53. The van der Waals surface area contributed by atoms with Gasteiger partial charge in [0.1, 0.15) is 0 Å². The van der Waals surface area contributed by atoms with Gasteiger partial charge in [-0.25, -0.2) is 0 Å². The maximum Gasteiger partial charge on any atom is 0.352 e. The second-order valence-corrected chi connectivity index (χ2v) is 7.78. The first-order valence-corrected chi connectivity index (χ1v) is 6.33. The van der Waals surface area contributed by atoms with Crippen LogP contribution in [0.3, 0.4) is 0 Å². The highest BCUT2D eigenvalue weighted by molar-refractivity contribution is 7.67. The van der Waals surface area contributed by atoms with Gasteiger partial charge in [-0.15, -0.1) is 19.1 Å². The monoisotopic (exact) mass is 231 g/mol. The molecular weight excluding hydrogens is 211 g/mol. The highest BCUT2D eigenvalue weighted by Gasteiger charge is 2.51.